The molecule has 2 heterocycles. The van der Waals surface area contributed by atoms with Crippen molar-refractivity contribution < 1.29 is 22.6 Å². The Morgan fingerprint density at radius 3 is 2.64 bits per heavy atom. The fraction of sp³-hybridized carbons (Fsp3) is 0.417. The molecule has 0 amide bonds. The number of nitrogens with zero attached hydrogens (tertiary/aromatic N) is 3. The largest absolute Gasteiger partial charge is 0.467 e. The van der Waals surface area contributed by atoms with E-state index in [-0.39, 0.29) is 18.6 Å². The van der Waals surface area contributed by atoms with Gasteiger partial charge in [0.05, 0.1) is 5.56 Å². The zero-order chi connectivity index (χ0) is 23.4. The summed E-state index contributed by atoms with van der Waals surface area (Å²) < 4.78 is 50.7. The van der Waals surface area contributed by atoms with E-state index in [9.17, 15) is 13.2 Å². The number of halogens is 3. The summed E-state index contributed by atoms with van der Waals surface area (Å²) in [5.41, 5.74) is 0.0854. The molecule has 0 radical (unpaired) electrons. The summed E-state index contributed by atoms with van der Waals surface area (Å²) in [6, 6.07) is 11.3. The number of fused-ring (bicyclic) bond motifs is 1. The number of alkyl halides is 3. The van der Waals surface area contributed by atoms with Crippen LogP contribution in [0.5, 0.6) is 5.75 Å². The second-order valence-electron chi connectivity index (χ2n) is 8.15. The Morgan fingerprint density at radius 1 is 1.12 bits per heavy atom. The fourth-order valence-electron chi connectivity index (χ4n) is 4.09. The minimum absolute atomic E-state index is 0.0485. The SMILES string of the molecule is CCOCOc1cc(C(F)(F)F)ccc1-c1nnc(NC2CCCN(C)C2)c2ccccc12. The topological polar surface area (TPSA) is 59.5 Å². The number of ether oxygens (including phenoxy) is 2. The van der Waals surface area contributed by atoms with E-state index in [4.69, 9.17) is 9.47 Å². The van der Waals surface area contributed by atoms with Gasteiger partial charge >= 0.3 is 6.18 Å². The van der Waals surface area contributed by atoms with E-state index in [1.807, 2.05) is 24.3 Å². The standard InChI is InChI=1S/C24H27F3N4O2/c1-3-32-15-33-21-13-16(24(25,26)27)10-11-20(21)22-18-8-4-5-9-19(18)23(30-29-22)28-17-7-6-12-31(2)14-17/h4-5,8-11,13,17H,3,6-7,12,14-15H2,1-2H3,(H,28,30). The van der Waals surface area contributed by atoms with Gasteiger partial charge in [-0.2, -0.15) is 13.2 Å². The number of likely N-dealkylation sites (N-methyl/N-ethyl adjacent to an activating group) is 1. The van der Waals surface area contributed by atoms with Crippen molar-refractivity contribution in [3.63, 3.8) is 0 Å². The lowest BCUT2D eigenvalue weighted by Gasteiger charge is -2.30. The molecule has 1 unspecified atom stereocenters. The van der Waals surface area contributed by atoms with Crippen LogP contribution in [0.25, 0.3) is 22.0 Å². The Morgan fingerprint density at radius 2 is 1.91 bits per heavy atom. The van der Waals surface area contributed by atoms with Crippen molar-refractivity contribution in [1.82, 2.24) is 15.1 Å². The monoisotopic (exact) mass is 460 g/mol. The van der Waals surface area contributed by atoms with E-state index in [0.29, 0.717) is 23.7 Å². The molecular weight excluding hydrogens is 433 g/mol. The number of rotatable bonds is 7. The lowest BCUT2D eigenvalue weighted by atomic mass is 10.0. The van der Waals surface area contributed by atoms with Gasteiger partial charge in [-0.25, -0.2) is 0 Å². The van der Waals surface area contributed by atoms with Gasteiger partial charge in [0.1, 0.15) is 11.4 Å². The maximum atomic E-state index is 13.3. The number of aromatic nitrogens is 2. The van der Waals surface area contributed by atoms with Gasteiger partial charge in [0.25, 0.3) is 0 Å². The predicted octanol–water partition coefficient (Wildman–Crippen LogP) is 5.19. The first-order chi connectivity index (χ1) is 15.9. The smallest absolute Gasteiger partial charge is 0.416 e. The molecule has 33 heavy (non-hydrogen) atoms. The zero-order valence-electron chi connectivity index (χ0n) is 18.7. The third kappa shape index (κ3) is 5.36. The number of piperidine rings is 1. The van der Waals surface area contributed by atoms with Gasteiger partial charge in [-0.3, -0.25) is 0 Å². The van der Waals surface area contributed by atoms with Crippen LogP contribution in [-0.2, 0) is 10.9 Å². The summed E-state index contributed by atoms with van der Waals surface area (Å²) in [6.07, 6.45) is -2.35. The van der Waals surface area contributed by atoms with Crippen LogP contribution in [0.1, 0.15) is 25.3 Å². The molecule has 1 saturated heterocycles. The molecule has 3 aromatic rings. The van der Waals surface area contributed by atoms with Crippen molar-refractivity contribution in [2.75, 3.05) is 38.9 Å². The number of hydrogen-bond acceptors (Lipinski definition) is 6. The van der Waals surface area contributed by atoms with Crippen LogP contribution in [0.2, 0.25) is 0 Å². The van der Waals surface area contributed by atoms with Crippen molar-refractivity contribution in [2.45, 2.75) is 32.0 Å². The average Bonchev–Trinajstić information content (AvgIpc) is 2.79. The van der Waals surface area contributed by atoms with E-state index in [1.54, 1.807) is 6.92 Å². The maximum Gasteiger partial charge on any atom is 0.416 e. The van der Waals surface area contributed by atoms with Crippen LogP contribution in [0.4, 0.5) is 19.0 Å². The summed E-state index contributed by atoms with van der Waals surface area (Å²) in [7, 11) is 2.09. The predicted molar refractivity (Wildman–Crippen MR) is 121 cm³/mol. The summed E-state index contributed by atoms with van der Waals surface area (Å²) in [5, 5.41) is 14.0. The van der Waals surface area contributed by atoms with E-state index < -0.39 is 11.7 Å². The molecule has 1 aromatic heterocycles. The zero-order valence-corrected chi connectivity index (χ0v) is 18.7. The molecule has 0 aliphatic carbocycles. The van der Waals surface area contributed by atoms with Crippen LogP contribution in [0.15, 0.2) is 42.5 Å². The van der Waals surface area contributed by atoms with Gasteiger partial charge in [-0.1, -0.05) is 24.3 Å². The van der Waals surface area contributed by atoms with E-state index in [1.165, 1.54) is 6.07 Å². The minimum atomic E-state index is -4.49. The Kier molecular flexibility index (Phi) is 6.99. The fourth-order valence-corrected chi connectivity index (χ4v) is 4.09. The summed E-state index contributed by atoms with van der Waals surface area (Å²) in [4.78, 5) is 2.27. The average molecular weight is 461 g/mol. The van der Waals surface area contributed by atoms with Gasteiger partial charge in [0.2, 0.25) is 0 Å². The van der Waals surface area contributed by atoms with Gasteiger partial charge in [-0.05, 0) is 51.6 Å². The van der Waals surface area contributed by atoms with Crippen molar-refractivity contribution in [1.29, 1.82) is 0 Å². The number of benzene rings is 2. The number of likely N-dealkylation sites (tertiary alicyclic amines) is 1. The van der Waals surface area contributed by atoms with Crippen LogP contribution < -0.4 is 10.1 Å². The Hall–Kier alpha value is -2.91. The molecule has 1 fully saturated rings. The first-order valence-electron chi connectivity index (χ1n) is 11.0. The van der Waals surface area contributed by atoms with Gasteiger partial charge in [0.15, 0.2) is 12.6 Å². The third-order valence-corrected chi connectivity index (χ3v) is 5.72. The van der Waals surface area contributed by atoms with Gasteiger partial charge in [-0.15, -0.1) is 10.2 Å². The third-order valence-electron chi connectivity index (χ3n) is 5.72. The van der Waals surface area contributed by atoms with Crippen molar-refractivity contribution in [3.8, 4) is 17.0 Å². The summed E-state index contributed by atoms with van der Waals surface area (Å²) in [5.74, 6) is 0.714. The lowest BCUT2D eigenvalue weighted by Crippen LogP contribution is -2.40. The van der Waals surface area contributed by atoms with Crippen LogP contribution in [-0.4, -0.2) is 54.7 Å². The Bertz CT molecular complexity index is 1110. The molecule has 1 atom stereocenters. The molecule has 2 aromatic carbocycles. The molecule has 176 valence electrons. The van der Waals surface area contributed by atoms with Crippen molar-refractivity contribution in [3.05, 3.63) is 48.0 Å². The van der Waals surface area contributed by atoms with Gasteiger partial charge in [0, 0.05) is 35.5 Å². The highest BCUT2D eigenvalue weighted by atomic mass is 19.4. The molecular formula is C24H27F3N4O2. The Balaban J connectivity index is 1.75. The normalized spacial score (nSPS) is 17.3. The minimum Gasteiger partial charge on any atom is -0.467 e. The van der Waals surface area contributed by atoms with Crippen molar-refractivity contribution >= 4 is 16.6 Å². The summed E-state index contributed by atoms with van der Waals surface area (Å²) in [6.45, 7) is 3.98. The Labute approximate surface area is 190 Å². The summed E-state index contributed by atoms with van der Waals surface area (Å²) >= 11 is 0. The second-order valence-corrected chi connectivity index (χ2v) is 8.15. The highest BCUT2D eigenvalue weighted by Gasteiger charge is 2.32. The molecule has 1 N–H and O–H groups in total. The lowest BCUT2D eigenvalue weighted by molar-refractivity contribution is -0.137. The van der Waals surface area contributed by atoms with Gasteiger partial charge < -0.3 is 19.7 Å². The first kappa shape index (κ1) is 23.3. The molecule has 0 bridgehead atoms. The molecule has 1 aliphatic rings. The molecule has 9 heteroatoms. The second kappa shape index (κ2) is 9.93. The van der Waals surface area contributed by atoms with E-state index in [2.05, 4.69) is 27.5 Å². The van der Waals surface area contributed by atoms with E-state index >= 15 is 0 Å². The molecule has 0 spiro atoms. The maximum absolute atomic E-state index is 13.3. The molecule has 1 aliphatic heterocycles. The van der Waals surface area contributed by atoms with Crippen LogP contribution in [0, 0.1) is 0 Å². The molecule has 0 saturated carbocycles. The highest BCUT2D eigenvalue weighted by molar-refractivity contribution is 6.01. The highest BCUT2D eigenvalue weighted by Crippen LogP contribution is 2.39. The number of anilines is 1. The van der Waals surface area contributed by atoms with E-state index in [0.717, 1.165) is 48.8 Å². The van der Waals surface area contributed by atoms with Crippen LogP contribution >= 0.6 is 0 Å². The number of hydrogen-bond donors (Lipinski definition) is 1. The first-order valence-corrected chi connectivity index (χ1v) is 11.0. The quantitative estimate of drug-likeness (QED) is 0.387. The van der Waals surface area contributed by atoms with Crippen molar-refractivity contribution in [2.24, 2.45) is 0 Å². The van der Waals surface area contributed by atoms with Crippen LogP contribution in [0.3, 0.4) is 0 Å². The number of nitrogens with one attached hydrogen (secondary N) is 1. The molecule has 4 rings (SSSR count). The molecule has 6 nitrogen and oxygen atoms in total.